The molecule has 0 spiro atoms. The zero-order valence-corrected chi connectivity index (χ0v) is 11.4. The van der Waals surface area contributed by atoms with Gasteiger partial charge in [0.15, 0.2) is 11.6 Å². The highest BCUT2D eigenvalue weighted by Gasteiger charge is 2.20. The summed E-state index contributed by atoms with van der Waals surface area (Å²) in [6, 6.07) is 3.53. The van der Waals surface area contributed by atoms with Crippen molar-refractivity contribution >= 4 is 12.4 Å². The Labute approximate surface area is 121 Å². The van der Waals surface area contributed by atoms with E-state index >= 15 is 0 Å². The molecule has 0 saturated heterocycles. The third-order valence-corrected chi connectivity index (χ3v) is 3.05. The maximum Gasteiger partial charge on any atom is 0.240 e. The summed E-state index contributed by atoms with van der Waals surface area (Å²) in [6.07, 6.45) is 2.55. The Bertz CT molecular complexity index is 587. The molecule has 1 aromatic heterocycles. The molecule has 1 saturated carbocycles. The topological polar surface area (TPSA) is 51.0 Å². The minimum Gasteiger partial charge on any atom is -0.338 e. The number of nitrogens with one attached hydrogen (secondary N) is 1. The van der Waals surface area contributed by atoms with Crippen LogP contribution in [0.5, 0.6) is 0 Å². The van der Waals surface area contributed by atoms with Crippen molar-refractivity contribution in [2.75, 3.05) is 6.54 Å². The molecule has 0 radical (unpaired) electrons. The van der Waals surface area contributed by atoms with Gasteiger partial charge in [-0.1, -0.05) is 5.16 Å². The quantitative estimate of drug-likeness (QED) is 0.922. The van der Waals surface area contributed by atoms with Crippen LogP contribution in [0, 0.1) is 17.6 Å². The van der Waals surface area contributed by atoms with E-state index in [9.17, 15) is 8.78 Å². The number of hydrogen-bond donors (Lipinski definition) is 1. The maximum absolute atomic E-state index is 13.1. The lowest BCUT2D eigenvalue weighted by atomic mass is 10.2. The third kappa shape index (κ3) is 3.52. The number of halogens is 3. The summed E-state index contributed by atoms with van der Waals surface area (Å²) in [6.45, 7) is 1.44. The van der Waals surface area contributed by atoms with Gasteiger partial charge < -0.3 is 9.84 Å². The fourth-order valence-electron chi connectivity index (χ4n) is 1.78. The summed E-state index contributed by atoms with van der Waals surface area (Å²) in [5.74, 6) is -0.328. The number of hydrogen-bond acceptors (Lipinski definition) is 4. The molecule has 1 N–H and O–H groups in total. The van der Waals surface area contributed by atoms with Gasteiger partial charge in [0, 0.05) is 5.56 Å². The Morgan fingerprint density at radius 2 is 2.05 bits per heavy atom. The molecule has 0 bridgehead atoms. The highest BCUT2D eigenvalue weighted by atomic mass is 35.5. The largest absolute Gasteiger partial charge is 0.338 e. The van der Waals surface area contributed by atoms with Gasteiger partial charge in [-0.2, -0.15) is 4.98 Å². The van der Waals surface area contributed by atoms with Crippen LogP contribution in [0.15, 0.2) is 22.7 Å². The van der Waals surface area contributed by atoms with Crippen LogP contribution in [0.25, 0.3) is 11.4 Å². The Kier molecular flexibility index (Phi) is 4.67. The van der Waals surface area contributed by atoms with E-state index in [1.807, 2.05) is 0 Å². The van der Waals surface area contributed by atoms with Crippen molar-refractivity contribution in [1.29, 1.82) is 0 Å². The normalized spacial score (nSPS) is 14.1. The van der Waals surface area contributed by atoms with Crippen molar-refractivity contribution in [1.82, 2.24) is 15.5 Å². The van der Waals surface area contributed by atoms with E-state index in [2.05, 4.69) is 15.5 Å². The number of benzene rings is 1. The van der Waals surface area contributed by atoms with Gasteiger partial charge >= 0.3 is 0 Å². The van der Waals surface area contributed by atoms with Gasteiger partial charge in [0.1, 0.15) is 0 Å². The average Bonchev–Trinajstić information content (AvgIpc) is 3.10. The summed E-state index contributed by atoms with van der Waals surface area (Å²) < 4.78 is 31.0. The summed E-state index contributed by atoms with van der Waals surface area (Å²) >= 11 is 0. The van der Waals surface area contributed by atoms with Gasteiger partial charge in [-0.3, -0.25) is 0 Å². The molecule has 1 aromatic carbocycles. The Balaban J connectivity index is 0.00000147. The Hall–Kier alpha value is -1.53. The van der Waals surface area contributed by atoms with Crippen molar-refractivity contribution in [2.24, 2.45) is 5.92 Å². The lowest BCUT2D eigenvalue weighted by Crippen LogP contribution is -2.16. The lowest BCUT2D eigenvalue weighted by Gasteiger charge is -1.97. The first-order chi connectivity index (χ1) is 9.22. The molecular weight excluding hydrogens is 288 g/mol. The first-order valence-electron chi connectivity index (χ1n) is 6.21. The monoisotopic (exact) mass is 301 g/mol. The van der Waals surface area contributed by atoms with Crippen molar-refractivity contribution < 1.29 is 13.3 Å². The van der Waals surface area contributed by atoms with Gasteiger partial charge in [0.25, 0.3) is 0 Å². The number of aromatic nitrogens is 2. The Morgan fingerprint density at radius 3 is 2.75 bits per heavy atom. The van der Waals surface area contributed by atoms with Crippen LogP contribution in [-0.4, -0.2) is 16.7 Å². The smallest absolute Gasteiger partial charge is 0.240 e. The number of rotatable bonds is 5. The van der Waals surface area contributed by atoms with Crippen LogP contribution in [0.2, 0.25) is 0 Å². The standard InChI is InChI=1S/C13H13F2N3O.ClH/c14-10-4-3-9(5-11(10)15)13-17-12(19-18-13)7-16-6-8-1-2-8;/h3-5,8,16H,1-2,6-7H2;1H. The van der Waals surface area contributed by atoms with Crippen LogP contribution in [0.1, 0.15) is 18.7 Å². The molecule has 0 unspecified atom stereocenters. The zero-order valence-electron chi connectivity index (χ0n) is 10.6. The number of nitrogens with zero attached hydrogens (tertiary/aromatic N) is 2. The van der Waals surface area contributed by atoms with Crippen molar-refractivity contribution in [2.45, 2.75) is 19.4 Å². The molecule has 1 aliphatic carbocycles. The lowest BCUT2D eigenvalue weighted by molar-refractivity contribution is 0.367. The van der Waals surface area contributed by atoms with Crippen LogP contribution in [0.3, 0.4) is 0 Å². The SMILES string of the molecule is Cl.Fc1ccc(-c2noc(CNCC3CC3)n2)cc1F. The highest BCUT2D eigenvalue weighted by Crippen LogP contribution is 2.27. The summed E-state index contributed by atoms with van der Waals surface area (Å²) in [7, 11) is 0. The van der Waals surface area contributed by atoms with E-state index in [1.165, 1.54) is 18.9 Å². The van der Waals surface area contributed by atoms with E-state index in [4.69, 9.17) is 4.52 Å². The van der Waals surface area contributed by atoms with E-state index in [-0.39, 0.29) is 18.2 Å². The Morgan fingerprint density at radius 1 is 1.25 bits per heavy atom. The predicted octanol–water partition coefficient (Wildman–Crippen LogP) is 2.94. The summed E-state index contributed by atoms with van der Waals surface area (Å²) in [5, 5.41) is 6.97. The molecule has 20 heavy (non-hydrogen) atoms. The van der Waals surface area contributed by atoms with Crippen molar-refractivity contribution in [3.63, 3.8) is 0 Å². The molecule has 108 valence electrons. The fourth-order valence-corrected chi connectivity index (χ4v) is 1.78. The van der Waals surface area contributed by atoms with Gasteiger partial charge in [-0.05, 0) is 43.5 Å². The fraction of sp³-hybridized carbons (Fsp3) is 0.385. The molecule has 2 aromatic rings. The third-order valence-electron chi connectivity index (χ3n) is 3.05. The molecule has 3 rings (SSSR count). The molecule has 1 aliphatic rings. The molecular formula is C13H14ClF2N3O. The van der Waals surface area contributed by atoms with Gasteiger partial charge in [-0.15, -0.1) is 12.4 Å². The van der Waals surface area contributed by atoms with E-state index in [0.29, 0.717) is 18.0 Å². The zero-order chi connectivity index (χ0) is 13.2. The molecule has 4 nitrogen and oxygen atoms in total. The van der Waals surface area contributed by atoms with Crippen molar-refractivity contribution in [3.8, 4) is 11.4 Å². The minimum atomic E-state index is -0.921. The molecule has 0 atom stereocenters. The van der Waals surface area contributed by atoms with E-state index in [0.717, 1.165) is 24.6 Å². The second-order valence-corrected chi connectivity index (χ2v) is 4.71. The van der Waals surface area contributed by atoms with Crippen LogP contribution in [-0.2, 0) is 6.54 Å². The van der Waals surface area contributed by atoms with Crippen molar-refractivity contribution in [3.05, 3.63) is 35.7 Å². The first-order valence-corrected chi connectivity index (χ1v) is 6.21. The van der Waals surface area contributed by atoms with Crippen LogP contribution in [0.4, 0.5) is 8.78 Å². The highest BCUT2D eigenvalue weighted by molar-refractivity contribution is 5.85. The average molecular weight is 302 g/mol. The van der Waals surface area contributed by atoms with Gasteiger partial charge in [0.2, 0.25) is 11.7 Å². The maximum atomic E-state index is 13.1. The molecule has 0 aliphatic heterocycles. The molecule has 1 fully saturated rings. The summed E-state index contributed by atoms with van der Waals surface area (Å²) in [4.78, 5) is 4.14. The first kappa shape index (κ1) is 14.9. The van der Waals surface area contributed by atoms with Crippen LogP contribution >= 0.6 is 12.4 Å². The molecule has 7 heteroatoms. The molecule has 1 heterocycles. The predicted molar refractivity (Wildman–Crippen MR) is 71.3 cm³/mol. The van der Waals surface area contributed by atoms with E-state index in [1.54, 1.807) is 0 Å². The minimum absolute atomic E-state index is 0. The van der Waals surface area contributed by atoms with Crippen LogP contribution < -0.4 is 5.32 Å². The second-order valence-electron chi connectivity index (χ2n) is 4.71. The van der Waals surface area contributed by atoms with Gasteiger partial charge in [-0.25, -0.2) is 8.78 Å². The van der Waals surface area contributed by atoms with E-state index < -0.39 is 11.6 Å². The molecule has 0 amide bonds. The second kappa shape index (κ2) is 6.28. The van der Waals surface area contributed by atoms with Gasteiger partial charge in [0.05, 0.1) is 6.54 Å². The summed E-state index contributed by atoms with van der Waals surface area (Å²) in [5.41, 5.74) is 0.399.